The molecule has 0 fully saturated rings. The van der Waals surface area contributed by atoms with Crippen LogP contribution in [0.2, 0.25) is 0 Å². The van der Waals surface area contributed by atoms with E-state index in [1.807, 2.05) is 10.3 Å². The topological polar surface area (TPSA) is 69.2 Å². The third kappa shape index (κ3) is 4.72. The summed E-state index contributed by atoms with van der Waals surface area (Å²) in [6, 6.07) is 6.23. The number of fused-ring (bicyclic) bond motifs is 1. The fraction of sp³-hybridized carbons (Fsp3) is 0.304. The highest BCUT2D eigenvalue weighted by atomic mass is 32.1. The second-order valence-corrected chi connectivity index (χ2v) is 8.54. The molecule has 6 heteroatoms. The second kappa shape index (κ2) is 8.45. The van der Waals surface area contributed by atoms with E-state index in [-0.39, 0.29) is 5.56 Å². The smallest absolute Gasteiger partial charge is 0.260 e. The van der Waals surface area contributed by atoms with E-state index in [1.54, 1.807) is 13.0 Å². The molecule has 2 heterocycles. The van der Waals surface area contributed by atoms with Crippen molar-refractivity contribution in [2.24, 2.45) is 0 Å². The molecule has 152 valence electrons. The van der Waals surface area contributed by atoms with Crippen LogP contribution in [0.5, 0.6) is 0 Å². The van der Waals surface area contributed by atoms with Gasteiger partial charge in [0.15, 0.2) is 0 Å². The average Bonchev–Trinajstić information content (AvgIpc) is 3.06. The lowest BCUT2D eigenvalue weighted by molar-refractivity contribution is 0.0627. The molecule has 2 N–H and O–H groups in total. The molecule has 0 spiro atoms. The Morgan fingerprint density at radius 3 is 2.72 bits per heavy atom. The highest BCUT2D eigenvalue weighted by Crippen LogP contribution is 2.33. The van der Waals surface area contributed by atoms with Crippen LogP contribution in [0, 0.1) is 13.8 Å². The molecule has 3 aromatic rings. The van der Waals surface area contributed by atoms with Gasteiger partial charge in [0.2, 0.25) is 0 Å². The summed E-state index contributed by atoms with van der Waals surface area (Å²) in [6.07, 6.45) is 3.27. The highest BCUT2D eigenvalue weighted by molar-refractivity contribution is 7.17. The molecular weight excluding hydrogens is 382 g/mol. The lowest BCUT2D eigenvalue weighted by Gasteiger charge is -2.28. The van der Waals surface area contributed by atoms with E-state index in [9.17, 15) is 9.90 Å². The lowest BCUT2D eigenvalue weighted by Crippen LogP contribution is -2.39. The Bertz CT molecular complexity index is 1110. The standard InChI is InChI=1S/C23H27N3O2S/c1-6-10-26(14-23(5,28)7-2)12-19-24-21(27)20-18(13-29-22(20)25-19)17-9-8-15(3)11-16(17)4/h6-9,11,13,28H,1-2,10,12,14H2,3-5H3,(H,24,25,27). The Morgan fingerprint density at radius 1 is 1.31 bits per heavy atom. The van der Waals surface area contributed by atoms with Crippen molar-refractivity contribution in [3.8, 4) is 11.1 Å². The van der Waals surface area contributed by atoms with Gasteiger partial charge in [-0.1, -0.05) is 35.9 Å². The number of H-pyrrole nitrogens is 1. The van der Waals surface area contributed by atoms with Crippen molar-refractivity contribution in [3.63, 3.8) is 0 Å². The number of hydrogen-bond donors (Lipinski definition) is 2. The van der Waals surface area contributed by atoms with Gasteiger partial charge in [0, 0.05) is 24.0 Å². The van der Waals surface area contributed by atoms with Crippen LogP contribution in [0.25, 0.3) is 21.3 Å². The Balaban J connectivity index is 1.97. The first-order valence-corrected chi connectivity index (χ1v) is 10.4. The number of nitrogens with one attached hydrogen (secondary N) is 1. The molecule has 0 aliphatic heterocycles. The minimum absolute atomic E-state index is 0.143. The van der Waals surface area contributed by atoms with Crippen LogP contribution in [0.3, 0.4) is 0 Å². The molecule has 29 heavy (non-hydrogen) atoms. The number of nitrogens with zero attached hydrogens (tertiary/aromatic N) is 2. The van der Waals surface area contributed by atoms with Crippen LogP contribution in [-0.4, -0.2) is 38.7 Å². The van der Waals surface area contributed by atoms with Gasteiger partial charge < -0.3 is 10.1 Å². The number of aromatic amines is 1. The minimum Gasteiger partial charge on any atom is -0.385 e. The Labute approximate surface area is 175 Å². The second-order valence-electron chi connectivity index (χ2n) is 7.68. The van der Waals surface area contributed by atoms with Crippen LogP contribution in [0.15, 0.2) is 53.7 Å². The quantitative estimate of drug-likeness (QED) is 0.547. The van der Waals surface area contributed by atoms with Crippen molar-refractivity contribution >= 4 is 21.6 Å². The largest absolute Gasteiger partial charge is 0.385 e. The van der Waals surface area contributed by atoms with Gasteiger partial charge in [-0.3, -0.25) is 9.69 Å². The van der Waals surface area contributed by atoms with Crippen molar-refractivity contribution in [2.45, 2.75) is 32.9 Å². The SMILES string of the molecule is C=CCN(Cc1nc2scc(-c3ccc(C)cc3C)c2c(=O)[nH]1)CC(C)(O)C=C. The van der Waals surface area contributed by atoms with E-state index in [2.05, 4.69) is 55.2 Å². The van der Waals surface area contributed by atoms with Gasteiger partial charge >= 0.3 is 0 Å². The van der Waals surface area contributed by atoms with Crippen LogP contribution in [0.1, 0.15) is 23.9 Å². The van der Waals surface area contributed by atoms with Gasteiger partial charge in [0.05, 0.1) is 17.5 Å². The van der Waals surface area contributed by atoms with E-state index < -0.39 is 5.60 Å². The van der Waals surface area contributed by atoms with Gasteiger partial charge in [0.1, 0.15) is 10.7 Å². The maximum atomic E-state index is 12.9. The molecule has 0 saturated carbocycles. The van der Waals surface area contributed by atoms with Crippen LogP contribution >= 0.6 is 11.3 Å². The number of aliphatic hydroxyl groups is 1. The molecule has 2 aromatic heterocycles. The van der Waals surface area contributed by atoms with Gasteiger partial charge in [0.25, 0.3) is 5.56 Å². The first-order valence-electron chi connectivity index (χ1n) is 9.51. The van der Waals surface area contributed by atoms with Crippen LogP contribution in [-0.2, 0) is 6.54 Å². The van der Waals surface area contributed by atoms with Crippen molar-refractivity contribution < 1.29 is 5.11 Å². The molecule has 0 aliphatic carbocycles. The van der Waals surface area contributed by atoms with Gasteiger partial charge in [-0.25, -0.2) is 4.98 Å². The molecular formula is C23H27N3O2S. The molecule has 3 rings (SSSR count). The summed E-state index contributed by atoms with van der Waals surface area (Å²) in [7, 11) is 0. The van der Waals surface area contributed by atoms with Crippen LogP contribution in [0.4, 0.5) is 0 Å². The first-order chi connectivity index (χ1) is 13.7. The normalized spacial score (nSPS) is 13.6. The van der Waals surface area contributed by atoms with Crippen molar-refractivity contribution in [2.75, 3.05) is 13.1 Å². The summed E-state index contributed by atoms with van der Waals surface area (Å²) >= 11 is 1.47. The fourth-order valence-electron chi connectivity index (χ4n) is 3.48. The number of rotatable bonds is 8. The lowest BCUT2D eigenvalue weighted by atomic mass is 9.99. The van der Waals surface area contributed by atoms with Gasteiger partial charge in [-0.15, -0.1) is 24.5 Å². The maximum absolute atomic E-state index is 12.9. The Hall–Kier alpha value is -2.54. The van der Waals surface area contributed by atoms with E-state index in [1.165, 1.54) is 23.0 Å². The number of aromatic nitrogens is 2. The van der Waals surface area contributed by atoms with Crippen molar-refractivity contribution in [1.82, 2.24) is 14.9 Å². The fourth-order valence-corrected chi connectivity index (χ4v) is 4.44. The Kier molecular flexibility index (Phi) is 6.17. The van der Waals surface area contributed by atoms with E-state index in [0.717, 1.165) is 16.7 Å². The van der Waals surface area contributed by atoms with E-state index >= 15 is 0 Å². The molecule has 1 atom stereocenters. The maximum Gasteiger partial charge on any atom is 0.260 e. The van der Waals surface area contributed by atoms with Gasteiger partial charge in [-0.05, 0) is 31.9 Å². The summed E-state index contributed by atoms with van der Waals surface area (Å²) in [6.45, 7) is 14.6. The molecule has 0 amide bonds. The van der Waals surface area contributed by atoms with Crippen molar-refractivity contribution in [1.29, 1.82) is 0 Å². The zero-order valence-electron chi connectivity index (χ0n) is 17.2. The number of thiophene rings is 1. The average molecular weight is 410 g/mol. The zero-order valence-corrected chi connectivity index (χ0v) is 18.0. The summed E-state index contributed by atoms with van der Waals surface area (Å²) in [5.74, 6) is 0.568. The van der Waals surface area contributed by atoms with E-state index in [0.29, 0.717) is 35.7 Å². The van der Waals surface area contributed by atoms with E-state index in [4.69, 9.17) is 0 Å². The van der Waals surface area contributed by atoms with Gasteiger partial charge in [-0.2, -0.15) is 0 Å². The number of aryl methyl sites for hydroxylation is 2. The summed E-state index contributed by atoms with van der Waals surface area (Å²) in [5.41, 5.74) is 3.12. The summed E-state index contributed by atoms with van der Waals surface area (Å²) < 4.78 is 0. The first kappa shape index (κ1) is 21.2. The molecule has 0 aliphatic rings. The summed E-state index contributed by atoms with van der Waals surface area (Å²) in [5, 5.41) is 12.9. The molecule has 1 unspecified atom stereocenters. The Morgan fingerprint density at radius 2 is 2.07 bits per heavy atom. The highest BCUT2D eigenvalue weighted by Gasteiger charge is 2.21. The van der Waals surface area contributed by atoms with Crippen molar-refractivity contribution in [3.05, 3.63) is 76.2 Å². The number of hydrogen-bond acceptors (Lipinski definition) is 5. The summed E-state index contributed by atoms with van der Waals surface area (Å²) in [4.78, 5) is 23.2. The number of benzene rings is 1. The predicted octanol–water partition coefficient (Wildman–Crippen LogP) is 4.19. The molecule has 0 radical (unpaired) electrons. The molecule has 1 aromatic carbocycles. The minimum atomic E-state index is -1.04. The molecule has 0 saturated heterocycles. The molecule has 5 nitrogen and oxygen atoms in total. The zero-order chi connectivity index (χ0) is 21.2. The van der Waals surface area contributed by atoms with Crippen LogP contribution < -0.4 is 5.56 Å². The predicted molar refractivity (Wildman–Crippen MR) is 121 cm³/mol. The third-order valence-corrected chi connectivity index (χ3v) is 5.78. The molecule has 0 bridgehead atoms. The monoisotopic (exact) mass is 409 g/mol. The third-order valence-electron chi connectivity index (χ3n) is 4.91.